The van der Waals surface area contributed by atoms with Crippen LogP contribution in [-0.4, -0.2) is 23.1 Å². The molecule has 3 rings (SSSR count). The Hall–Kier alpha value is -3.33. The Morgan fingerprint density at radius 1 is 1.04 bits per heavy atom. The first-order valence-electron chi connectivity index (χ1n) is 9.42. The van der Waals surface area contributed by atoms with E-state index in [1.54, 1.807) is 6.07 Å². The van der Waals surface area contributed by atoms with Crippen molar-refractivity contribution in [3.63, 3.8) is 0 Å². The number of hydrogen-bond acceptors (Lipinski definition) is 3. The van der Waals surface area contributed by atoms with Gasteiger partial charge in [0.25, 0.3) is 0 Å². The Labute approximate surface area is 164 Å². The van der Waals surface area contributed by atoms with Gasteiger partial charge in [-0.05, 0) is 48.4 Å². The van der Waals surface area contributed by atoms with Gasteiger partial charge in [0.1, 0.15) is 0 Å². The van der Waals surface area contributed by atoms with Gasteiger partial charge in [0.2, 0.25) is 0 Å². The van der Waals surface area contributed by atoms with Gasteiger partial charge in [0, 0.05) is 12.6 Å². The van der Waals surface area contributed by atoms with E-state index < -0.39 is 5.97 Å². The summed E-state index contributed by atoms with van der Waals surface area (Å²) in [5.41, 5.74) is 3.44. The van der Waals surface area contributed by atoms with E-state index in [1.165, 1.54) is 0 Å². The molecule has 0 atom stereocenters. The molecule has 0 bridgehead atoms. The molecule has 6 nitrogen and oxygen atoms in total. The van der Waals surface area contributed by atoms with E-state index in [9.17, 15) is 14.9 Å². The van der Waals surface area contributed by atoms with Crippen LogP contribution in [0.3, 0.4) is 0 Å². The number of carboxylic acids is 1. The Balaban J connectivity index is 1.49. The van der Waals surface area contributed by atoms with Crippen molar-refractivity contribution in [1.29, 1.82) is 5.26 Å². The first kappa shape index (κ1) is 19.4. The second kappa shape index (κ2) is 9.05. The molecule has 0 radical (unpaired) electrons. The number of amides is 2. The lowest BCUT2D eigenvalue weighted by Gasteiger charge is -2.26. The van der Waals surface area contributed by atoms with Crippen LogP contribution >= 0.6 is 0 Å². The summed E-state index contributed by atoms with van der Waals surface area (Å²) in [4.78, 5) is 23.1. The second-order valence-electron chi connectivity index (χ2n) is 7.07. The summed E-state index contributed by atoms with van der Waals surface area (Å²) in [6.45, 7) is 0.399. The van der Waals surface area contributed by atoms with E-state index in [0.29, 0.717) is 37.8 Å². The first-order chi connectivity index (χ1) is 13.6. The van der Waals surface area contributed by atoms with E-state index >= 15 is 0 Å². The van der Waals surface area contributed by atoms with E-state index in [0.717, 1.165) is 16.7 Å². The molecule has 2 aromatic carbocycles. The maximum Gasteiger partial charge on any atom is 0.315 e. The lowest BCUT2D eigenvalue weighted by Crippen LogP contribution is -2.43. The van der Waals surface area contributed by atoms with Crippen LogP contribution in [0.5, 0.6) is 0 Å². The molecule has 0 spiro atoms. The van der Waals surface area contributed by atoms with E-state index in [1.807, 2.05) is 42.5 Å². The number of hydrogen-bond donors (Lipinski definition) is 3. The van der Waals surface area contributed by atoms with Crippen LogP contribution in [-0.2, 0) is 11.3 Å². The van der Waals surface area contributed by atoms with Crippen molar-refractivity contribution in [2.75, 3.05) is 0 Å². The van der Waals surface area contributed by atoms with Crippen molar-refractivity contribution in [1.82, 2.24) is 10.6 Å². The number of nitrogens with one attached hydrogen (secondary N) is 2. The third-order valence-corrected chi connectivity index (χ3v) is 5.18. The van der Waals surface area contributed by atoms with Crippen LogP contribution in [0.1, 0.15) is 36.8 Å². The molecule has 144 valence electrons. The van der Waals surface area contributed by atoms with Gasteiger partial charge in [-0.1, -0.05) is 42.5 Å². The van der Waals surface area contributed by atoms with Crippen LogP contribution in [0.15, 0.2) is 48.5 Å². The molecule has 0 saturated heterocycles. The molecule has 1 fully saturated rings. The number of nitrogens with zero attached hydrogens (tertiary/aromatic N) is 1. The number of nitriles is 1. The maximum absolute atomic E-state index is 12.1. The summed E-state index contributed by atoms with van der Waals surface area (Å²) in [7, 11) is 0. The van der Waals surface area contributed by atoms with Gasteiger partial charge in [-0.3, -0.25) is 4.79 Å². The number of aliphatic carboxylic acids is 1. The lowest BCUT2D eigenvalue weighted by molar-refractivity contribution is -0.142. The third-order valence-electron chi connectivity index (χ3n) is 5.18. The molecule has 6 heteroatoms. The van der Waals surface area contributed by atoms with Crippen LogP contribution in [0.4, 0.5) is 4.79 Å². The van der Waals surface area contributed by atoms with Crippen molar-refractivity contribution < 1.29 is 14.7 Å². The quantitative estimate of drug-likeness (QED) is 0.740. The van der Waals surface area contributed by atoms with Crippen LogP contribution < -0.4 is 10.6 Å². The Bertz CT molecular complexity index is 879. The minimum atomic E-state index is -0.747. The maximum atomic E-state index is 12.1. The third kappa shape index (κ3) is 4.89. The standard InChI is InChI=1S/C22H23N3O3/c23-13-18-3-1-2-4-20(18)16-7-5-15(6-8-16)14-24-22(28)25-19-11-9-17(10-12-19)21(26)27/h1-8,17,19H,9-12,14H2,(H,26,27)(H2,24,25,28). The SMILES string of the molecule is N#Cc1ccccc1-c1ccc(CNC(=O)NC2CCC(C(=O)O)CC2)cc1. The van der Waals surface area contributed by atoms with Crippen LogP contribution in [0, 0.1) is 17.2 Å². The highest BCUT2D eigenvalue weighted by Gasteiger charge is 2.26. The largest absolute Gasteiger partial charge is 0.481 e. The normalized spacial score (nSPS) is 18.7. The Kier molecular flexibility index (Phi) is 6.28. The number of carbonyl (C=O) groups excluding carboxylic acids is 1. The lowest BCUT2D eigenvalue weighted by atomic mass is 9.86. The summed E-state index contributed by atoms with van der Waals surface area (Å²) in [5.74, 6) is -1.03. The average molecular weight is 377 g/mol. The number of carboxylic acid groups (broad SMARTS) is 1. The average Bonchev–Trinajstić information content (AvgIpc) is 2.73. The van der Waals surface area contributed by atoms with Crippen LogP contribution in [0.25, 0.3) is 11.1 Å². The molecular weight excluding hydrogens is 354 g/mol. The molecule has 0 aliphatic heterocycles. The van der Waals surface area contributed by atoms with Gasteiger partial charge >= 0.3 is 12.0 Å². The minimum absolute atomic E-state index is 0.0282. The van der Waals surface area contributed by atoms with Gasteiger partial charge < -0.3 is 15.7 Å². The van der Waals surface area contributed by atoms with Crippen molar-refractivity contribution in [2.45, 2.75) is 38.3 Å². The zero-order valence-corrected chi connectivity index (χ0v) is 15.5. The second-order valence-corrected chi connectivity index (χ2v) is 7.07. The minimum Gasteiger partial charge on any atom is -0.481 e. The zero-order valence-electron chi connectivity index (χ0n) is 15.5. The molecule has 1 aliphatic carbocycles. The molecule has 2 aromatic rings. The summed E-state index contributed by atoms with van der Waals surface area (Å²) in [6.07, 6.45) is 2.59. The van der Waals surface area contributed by atoms with Gasteiger partial charge in [0.15, 0.2) is 0 Å². The van der Waals surface area contributed by atoms with Crippen molar-refractivity contribution >= 4 is 12.0 Å². The first-order valence-corrected chi connectivity index (χ1v) is 9.42. The van der Waals surface area contributed by atoms with E-state index in [2.05, 4.69) is 16.7 Å². The molecule has 1 aliphatic rings. The number of carbonyl (C=O) groups is 2. The van der Waals surface area contributed by atoms with Crippen molar-refractivity contribution in [3.8, 4) is 17.2 Å². The topological polar surface area (TPSA) is 102 Å². The highest BCUT2D eigenvalue weighted by molar-refractivity contribution is 5.74. The van der Waals surface area contributed by atoms with E-state index in [-0.39, 0.29) is 18.0 Å². The number of rotatable bonds is 5. The molecule has 1 saturated carbocycles. The summed E-state index contributed by atoms with van der Waals surface area (Å²) < 4.78 is 0. The van der Waals surface area contributed by atoms with Gasteiger partial charge in [-0.2, -0.15) is 5.26 Å². The molecule has 0 aromatic heterocycles. The summed E-state index contributed by atoms with van der Waals surface area (Å²) in [5, 5.41) is 24.0. The monoisotopic (exact) mass is 377 g/mol. The molecule has 0 unspecified atom stereocenters. The molecular formula is C22H23N3O3. The van der Waals surface area contributed by atoms with Crippen LogP contribution in [0.2, 0.25) is 0 Å². The summed E-state index contributed by atoms with van der Waals surface area (Å²) >= 11 is 0. The predicted molar refractivity (Wildman–Crippen MR) is 105 cm³/mol. The molecule has 2 amide bonds. The van der Waals surface area contributed by atoms with Crippen molar-refractivity contribution in [2.24, 2.45) is 5.92 Å². The zero-order chi connectivity index (χ0) is 19.9. The van der Waals surface area contributed by atoms with Gasteiger partial charge in [-0.15, -0.1) is 0 Å². The van der Waals surface area contributed by atoms with E-state index in [4.69, 9.17) is 5.11 Å². The fourth-order valence-corrected chi connectivity index (χ4v) is 3.54. The fraction of sp³-hybridized carbons (Fsp3) is 0.318. The highest BCUT2D eigenvalue weighted by Crippen LogP contribution is 2.25. The smallest absolute Gasteiger partial charge is 0.315 e. The predicted octanol–water partition coefficient (Wildman–Crippen LogP) is 3.67. The Morgan fingerprint density at radius 2 is 1.71 bits per heavy atom. The Morgan fingerprint density at radius 3 is 2.36 bits per heavy atom. The van der Waals surface area contributed by atoms with Crippen molar-refractivity contribution in [3.05, 3.63) is 59.7 Å². The van der Waals surface area contributed by atoms with Gasteiger partial charge in [0.05, 0.1) is 17.6 Å². The number of urea groups is 1. The highest BCUT2D eigenvalue weighted by atomic mass is 16.4. The fourth-order valence-electron chi connectivity index (χ4n) is 3.54. The molecule has 0 heterocycles. The van der Waals surface area contributed by atoms with Gasteiger partial charge in [-0.25, -0.2) is 4.79 Å². The molecule has 28 heavy (non-hydrogen) atoms. The number of benzene rings is 2. The molecule has 3 N–H and O–H groups in total. The summed E-state index contributed by atoms with van der Waals surface area (Å²) in [6, 6.07) is 17.2.